The average molecular weight is 322 g/mol. The molecule has 1 aromatic rings. The molecule has 1 aromatic carbocycles. The third-order valence-corrected chi connectivity index (χ3v) is 4.18. The Labute approximate surface area is 134 Å². The molecule has 0 spiro atoms. The van der Waals surface area contributed by atoms with Crippen molar-refractivity contribution >= 4 is 16.9 Å². The molecular weight excluding hydrogens is 303 g/mol. The Hall–Kier alpha value is -1.78. The van der Waals surface area contributed by atoms with Gasteiger partial charge in [0.25, 0.3) is 0 Å². The van der Waals surface area contributed by atoms with Crippen LogP contribution in [0, 0.1) is 17.3 Å². The van der Waals surface area contributed by atoms with Crippen LogP contribution in [0.15, 0.2) is 29.3 Å². The summed E-state index contributed by atoms with van der Waals surface area (Å²) >= 11 is 1.50. The summed E-state index contributed by atoms with van der Waals surface area (Å²) in [6, 6.07) is 6.06. The molecule has 7 heteroatoms. The molecule has 2 rings (SSSR count). The van der Waals surface area contributed by atoms with Crippen LogP contribution in [0.5, 0.6) is 5.75 Å². The van der Waals surface area contributed by atoms with Crippen LogP contribution in [0.4, 0.5) is 4.39 Å². The Morgan fingerprint density at radius 3 is 2.59 bits per heavy atom. The van der Waals surface area contributed by atoms with Crippen molar-refractivity contribution in [3.8, 4) is 11.9 Å². The summed E-state index contributed by atoms with van der Waals surface area (Å²) < 4.78 is 18.4. The lowest BCUT2D eigenvalue weighted by Crippen LogP contribution is -2.48. The molecule has 0 saturated carbocycles. The topological polar surface area (TPSA) is 51.9 Å². The summed E-state index contributed by atoms with van der Waals surface area (Å²) in [6.45, 7) is 4.95. The molecule has 118 valence electrons. The van der Waals surface area contributed by atoms with Crippen molar-refractivity contribution in [2.24, 2.45) is 4.99 Å². The van der Waals surface area contributed by atoms with Crippen LogP contribution in [0.1, 0.15) is 0 Å². The van der Waals surface area contributed by atoms with Gasteiger partial charge in [0.05, 0.1) is 0 Å². The zero-order valence-corrected chi connectivity index (χ0v) is 13.4. The first-order chi connectivity index (χ1) is 10.7. The fourth-order valence-corrected chi connectivity index (χ4v) is 2.85. The van der Waals surface area contributed by atoms with Gasteiger partial charge in [-0.2, -0.15) is 5.26 Å². The lowest BCUT2D eigenvalue weighted by Gasteiger charge is -2.35. The molecule has 22 heavy (non-hydrogen) atoms. The van der Waals surface area contributed by atoms with Gasteiger partial charge in [-0.15, -0.1) is 4.99 Å². The van der Waals surface area contributed by atoms with Crippen LogP contribution in [0.25, 0.3) is 0 Å². The quantitative estimate of drug-likeness (QED) is 0.482. The molecule has 0 atom stereocenters. The smallest absolute Gasteiger partial charge is 0.208 e. The number of piperazine rings is 1. The third-order valence-electron chi connectivity index (χ3n) is 3.46. The highest BCUT2D eigenvalue weighted by Gasteiger charge is 2.19. The fourth-order valence-electron chi connectivity index (χ4n) is 2.27. The van der Waals surface area contributed by atoms with Gasteiger partial charge >= 0.3 is 0 Å². The highest BCUT2D eigenvalue weighted by atomic mass is 32.2. The number of nitriles is 1. The maximum absolute atomic E-state index is 12.8. The molecule has 1 aliphatic heterocycles. The second-order valence-electron chi connectivity index (χ2n) is 4.83. The van der Waals surface area contributed by atoms with Gasteiger partial charge in [-0.05, 0) is 30.5 Å². The molecule has 0 unspecified atom stereocenters. The summed E-state index contributed by atoms with van der Waals surface area (Å²) in [5.41, 5.74) is 0. The summed E-state index contributed by atoms with van der Waals surface area (Å²) in [5, 5.41) is 9.45. The van der Waals surface area contributed by atoms with E-state index in [1.807, 2.05) is 12.4 Å². The van der Waals surface area contributed by atoms with Crippen molar-refractivity contribution in [1.29, 1.82) is 5.26 Å². The maximum Gasteiger partial charge on any atom is 0.208 e. The van der Waals surface area contributed by atoms with Crippen molar-refractivity contribution in [3.05, 3.63) is 30.1 Å². The Balaban J connectivity index is 1.70. The molecule has 1 fully saturated rings. The number of amidine groups is 1. The van der Waals surface area contributed by atoms with Gasteiger partial charge in [-0.3, -0.25) is 4.90 Å². The van der Waals surface area contributed by atoms with Gasteiger partial charge in [0, 0.05) is 32.7 Å². The van der Waals surface area contributed by atoms with E-state index in [1.165, 1.54) is 23.9 Å². The third kappa shape index (κ3) is 4.90. The number of rotatable bonds is 4. The van der Waals surface area contributed by atoms with Crippen molar-refractivity contribution in [1.82, 2.24) is 9.80 Å². The first kappa shape index (κ1) is 16.6. The number of aliphatic imine (C=N–C) groups is 1. The number of hydrogen-bond acceptors (Lipinski definition) is 5. The number of ether oxygens (including phenoxy) is 1. The van der Waals surface area contributed by atoms with Crippen molar-refractivity contribution < 1.29 is 9.13 Å². The largest absolute Gasteiger partial charge is 0.492 e. The van der Waals surface area contributed by atoms with Gasteiger partial charge in [-0.1, -0.05) is 11.8 Å². The molecule has 0 aromatic heterocycles. The summed E-state index contributed by atoms with van der Waals surface area (Å²) in [7, 11) is 0. The second kappa shape index (κ2) is 8.61. The Morgan fingerprint density at radius 1 is 1.32 bits per heavy atom. The molecule has 0 bridgehead atoms. The number of halogens is 1. The Kier molecular flexibility index (Phi) is 6.49. The van der Waals surface area contributed by atoms with Crippen LogP contribution < -0.4 is 4.74 Å². The first-order valence-corrected chi connectivity index (χ1v) is 8.32. The standard InChI is InChI=1S/C15H19FN4OS/c1-22-15(18-12-17)20-8-6-19(7-9-20)10-11-21-14-4-2-13(16)3-5-14/h2-5H,6-11H2,1H3. The van der Waals surface area contributed by atoms with Crippen LogP contribution in [0.3, 0.4) is 0 Å². The van der Waals surface area contributed by atoms with Gasteiger partial charge in [-0.25, -0.2) is 4.39 Å². The van der Waals surface area contributed by atoms with E-state index >= 15 is 0 Å². The minimum Gasteiger partial charge on any atom is -0.492 e. The van der Waals surface area contributed by atoms with Crippen molar-refractivity contribution in [3.63, 3.8) is 0 Å². The molecule has 1 aliphatic rings. The Bertz CT molecular complexity index is 535. The monoisotopic (exact) mass is 322 g/mol. The molecule has 0 radical (unpaired) electrons. The molecule has 5 nitrogen and oxygen atoms in total. The van der Waals surface area contributed by atoms with E-state index in [9.17, 15) is 4.39 Å². The zero-order chi connectivity index (χ0) is 15.8. The second-order valence-corrected chi connectivity index (χ2v) is 5.60. The van der Waals surface area contributed by atoms with Gasteiger partial charge in [0.2, 0.25) is 6.19 Å². The number of benzene rings is 1. The van der Waals surface area contributed by atoms with Crippen molar-refractivity contribution in [2.45, 2.75) is 0 Å². The highest BCUT2D eigenvalue weighted by Crippen LogP contribution is 2.12. The minimum atomic E-state index is -0.257. The van der Waals surface area contributed by atoms with Crippen LogP contribution in [-0.2, 0) is 0 Å². The first-order valence-electron chi connectivity index (χ1n) is 7.09. The predicted molar refractivity (Wildman–Crippen MR) is 86.5 cm³/mol. The molecule has 0 N–H and O–H groups in total. The van der Waals surface area contributed by atoms with E-state index in [2.05, 4.69) is 14.8 Å². The number of thioether (sulfide) groups is 1. The number of nitrogens with zero attached hydrogens (tertiary/aromatic N) is 4. The SMILES string of the molecule is CSC(=NC#N)N1CCN(CCOc2ccc(F)cc2)CC1. The minimum absolute atomic E-state index is 0.257. The fraction of sp³-hybridized carbons (Fsp3) is 0.467. The van der Waals surface area contributed by atoms with E-state index < -0.39 is 0 Å². The zero-order valence-electron chi connectivity index (χ0n) is 12.5. The predicted octanol–water partition coefficient (Wildman–Crippen LogP) is 2.02. The van der Waals surface area contributed by atoms with E-state index in [-0.39, 0.29) is 5.82 Å². The van der Waals surface area contributed by atoms with Crippen LogP contribution >= 0.6 is 11.8 Å². The number of hydrogen-bond donors (Lipinski definition) is 0. The van der Waals surface area contributed by atoms with E-state index in [0.29, 0.717) is 12.4 Å². The van der Waals surface area contributed by atoms with E-state index in [4.69, 9.17) is 10.00 Å². The van der Waals surface area contributed by atoms with Crippen molar-refractivity contribution in [2.75, 3.05) is 45.6 Å². The van der Waals surface area contributed by atoms with Crippen LogP contribution in [-0.4, -0.2) is 60.6 Å². The van der Waals surface area contributed by atoms with Gasteiger partial charge < -0.3 is 9.64 Å². The molecule has 1 heterocycles. The average Bonchev–Trinajstić information content (AvgIpc) is 2.55. The molecule has 1 saturated heterocycles. The molecule has 0 amide bonds. The van der Waals surface area contributed by atoms with Gasteiger partial charge in [0.15, 0.2) is 5.17 Å². The summed E-state index contributed by atoms with van der Waals surface area (Å²) in [6.07, 6.45) is 3.78. The summed E-state index contributed by atoms with van der Waals surface area (Å²) in [4.78, 5) is 8.28. The lowest BCUT2D eigenvalue weighted by molar-refractivity contribution is 0.155. The summed E-state index contributed by atoms with van der Waals surface area (Å²) in [5.74, 6) is 0.429. The Morgan fingerprint density at radius 2 is 2.00 bits per heavy atom. The normalized spacial score (nSPS) is 16.4. The van der Waals surface area contributed by atoms with Gasteiger partial charge in [0.1, 0.15) is 18.2 Å². The highest BCUT2D eigenvalue weighted by molar-refractivity contribution is 8.13. The van der Waals surface area contributed by atoms with Crippen LogP contribution in [0.2, 0.25) is 0 Å². The lowest BCUT2D eigenvalue weighted by atomic mass is 10.3. The molecular formula is C15H19FN4OS. The van der Waals surface area contributed by atoms with E-state index in [0.717, 1.165) is 37.9 Å². The maximum atomic E-state index is 12.8. The molecule has 0 aliphatic carbocycles. The van der Waals surface area contributed by atoms with E-state index in [1.54, 1.807) is 12.1 Å².